The van der Waals surface area contributed by atoms with Crippen molar-refractivity contribution in [2.45, 2.75) is 25.8 Å². The SMILES string of the molecule is C=CCNC(=O)c1cnc(Nc2ccc(OC)c(C)c2)nc1Nc1cccc(NC2CCNCC2)n1. The number of hydrogen-bond acceptors (Lipinski definition) is 9. The van der Waals surface area contributed by atoms with Crippen LogP contribution in [-0.4, -0.2) is 53.6 Å². The summed E-state index contributed by atoms with van der Waals surface area (Å²) < 4.78 is 5.33. The summed E-state index contributed by atoms with van der Waals surface area (Å²) in [6.45, 7) is 7.92. The van der Waals surface area contributed by atoms with E-state index in [1.165, 1.54) is 6.20 Å². The molecule has 3 aromatic rings. The molecule has 3 heterocycles. The summed E-state index contributed by atoms with van der Waals surface area (Å²) in [7, 11) is 1.64. The van der Waals surface area contributed by atoms with Gasteiger partial charge in [-0.3, -0.25) is 4.79 Å². The molecule has 10 heteroatoms. The van der Waals surface area contributed by atoms with Gasteiger partial charge in [-0.1, -0.05) is 12.1 Å². The number of nitrogens with one attached hydrogen (secondary N) is 5. The number of anilines is 5. The first kappa shape index (κ1) is 24.9. The van der Waals surface area contributed by atoms with Crippen molar-refractivity contribution in [2.75, 3.05) is 42.7 Å². The van der Waals surface area contributed by atoms with E-state index in [2.05, 4.69) is 48.1 Å². The van der Waals surface area contributed by atoms with Crippen molar-refractivity contribution in [2.24, 2.45) is 0 Å². The van der Waals surface area contributed by atoms with Gasteiger partial charge in [-0.2, -0.15) is 4.98 Å². The van der Waals surface area contributed by atoms with E-state index >= 15 is 0 Å². The van der Waals surface area contributed by atoms with Gasteiger partial charge >= 0.3 is 0 Å². The third-order valence-corrected chi connectivity index (χ3v) is 5.78. The maximum atomic E-state index is 12.8. The normalized spacial score (nSPS) is 13.5. The molecule has 0 bridgehead atoms. The maximum absolute atomic E-state index is 12.8. The molecule has 0 spiro atoms. The van der Waals surface area contributed by atoms with E-state index in [4.69, 9.17) is 4.74 Å². The van der Waals surface area contributed by atoms with Crippen LogP contribution in [0.3, 0.4) is 0 Å². The quantitative estimate of drug-likeness (QED) is 0.271. The summed E-state index contributed by atoms with van der Waals surface area (Å²) >= 11 is 0. The minimum Gasteiger partial charge on any atom is -0.496 e. The lowest BCUT2D eigenvalue weighted by Crippen LogP contribution is -2.35. The fraction of sp³-hybridized carbons (Fsp3) is 0.308. The second-order valence-corrected chi connectivity index (χ2v) is 8.47. The van der Waals surface area contributed by atoms with Crippen molar-refractivity contribution in [3.63, 3.8) is 0 Å². The fourth-order valence-electron chi connectivity index (χ4n) is 3.93. The monoisotopic (exact) mass is 488 g/mol. The zero-order valence-corrected chi connectivity index (χ0v) is 20.6. The summed E-state index contributed by atoms with van der Waals surface area (Å²) in [5.41, 5.74) is 2.07. The van der Waals surface area contributed by atoms with Crippen molar-refractivity contribution in [1.29, 1.82) is 0 Å². The van der Waals surface area contributed by atoms with E-state index in [0.29, 0.717) is 35.7 Å². The molecule has 5 N–H and O–H groups in total. The van der Waals surface area contributed by atoms with Gasteiger partial charge in [0.05, 0.1) is 7.11 Å². The molecule has 4 rings (SSSR count). The van der Waals surface area contributed by atoms with Crippen molar-refractivity contribution in [1.82, 2.24) is 25.6 Å². The number of methoxy groups -OCH3 is 1. The lowest BCUT2D eigenvalue weighted by atomic mass is 10.1. The molecule has 2 aromatic heterocycles. The summed E-state index contributed by atoms with van der Waals surface area (Å²) in [4.78, 5) is 26.4. The summed E-state index contributed by atoms with van der Waals surface area (Å²) in [5.74, 6) is 2.50. The molecule has 1 fully saturated rings. The number of hydrogen-bond donors (Lipinski definition) is 5. The first-order chi connectivity index (χ1) is 17.6. The molecular weight excluding hydrogens is 456 g/mol. The highest BCUT2D eigenvalue weighted by Crippen LogP contribution is 2.25. The number of rotatable bonds is 10. The Kier molecular flexibility index (Phi) is 8.30. The molecule has 0 saturated carbocycles. The van der Waals surface area contributed by atoms with Crippen LogP contribution >= 0.6 is 0 Å². The number of carbonyl (C=O) groups excluding carboxylic acids is 1. The standard InChI is InChI=1S/C26H32N8O2/c1-4-12-28-25(35)20-16-29-26(31-19-8-9-21(36-3)17(2)15-19)34-24(20)33-23-7-5-6-22(32-23)30-18-10-13-27-14-11-18/h4-9,15-16,18,27H,1,10-14H2,2-3H3,(H,28,35)(H3,29,30,31,32,33,34). The van der Waals surface area contributed by atoms with Crippen LogP contribution in [0.25, 0.3) is 0 Å². The van der Waals surface area contributed by atoms with E-state index in [1.54, 1.807) is 13.2 Å². The molecular formula is C26H32N8O2. The van der Waals surface area contributed by atoms with Crippen molar-refractivity contribution < 1.29 is 9.53 Å². The number of nitrogens with zero attached hydrogens (tertiary/aromatic N) is 3. The second kappa shape index (κ2) is 12.0. The van der Waals surface area contributed by atoms with Gasteiger partial charge in [0.1, 0.15) is 28.8 Å². The second-order valence-electron chi connectivity index (χ2n) is 8.47. The van der Waals surface area contributed by atoms with Crippen LogP contribution in [0, 0.1) is 6.92 Å². The highest BCUT2D eigenvalue weighted by atomic mass is 16.5. The van der Waals surface area contributed by atoms with Crippen LogP contribution in [0.5, 0.6) is 5.75 Å². The Balaban J connectivity index is 1.58. The Bertz CT molecular complexity index is 1210. The molecule has 1 aliphatic rings. The zero-order valence-electron chi connectivity index (χ0n) is 20.6. The van der Waals surface area contributed by atoms with Gasteiger partial charge in [0, 0.05) is 24.5 Å². The molecule has 36 heavy (non-hydrogen) atoms. The average molecular weight is 489 g/mol. The van der Waals surface area contributed by atoms with E-state index in [0.717, 1.165) is 48.7 Å². The van der Waals surface area contributed by atoms with Crippen LogP contribution in [-0.2, 0) is 0 Å². The molecule has 10 nitrogen and oxygen atoms in total. The number of aryl methyl sites for hydroxylation is 1. The van der Waals surface area contributed by atoms with Gasteiger partial charge in [0.2, 0.25) is 5.95 Å². The van der Waals surface area contributed by atoms with Crippen LogP contribution in [0.4, 0.5) is 29.1 Å². The minimum atomic E-state index is -0.312. The lowest BCUT2D eigenvalue weighted by Gasteiger charge is -2.24. The zero-order chi connectivity index (χ0) is 25.3. The fourth-order valence-corrected chi connectivity index (χ4v) is 3.93. The maximum Gasteiger partial charge on any atom is 0.256 e. The van der Waals surface area contributed by atoms with E-state index < -0.39 is 0 Å². The van der Waals surface area contributed by atoms with Gasteiger partial charge in [0.15, 0.2) is 0 Å². The van der Waals surface area contributed by atoms with Crippen molar-refractivity contribution >= 4 is 35.0 Å². The predicted octanol–water partition coefficient (Wildman–Crippen LogP) is 3.76. The van der Waals surface area contributed by atoms with E-state index in [-0.39, 0.29) is 5.91 Å². The van der Waals surface area contributed by atoms with Crippen LogP contribution in [0.2, 0.25) is 0 Å². The number of piperidine rings is 1. The van der Waals surface area contributed by atoms with Gasteiger partial charge in [-0.25, -0.2) is 9.97 Å². The Morgan fingerprint density at radius 2 is 1.97 bits per heavy atom. The third-order valence-electron chi connectivity index (χ3n) is 5.78. The highest BCUT2D eigenvalue weighted by Gasteiger charge is 2.17. The van der Waals surface area contributed by atoms with Crippen LogP contribution in [0.15, 0.2) is 55.3 Å². The predicted molar refractivity (Wildman–Crippen MR) is 143 cm³/mol. The summed E-state index contributed by atoms with van der Waals surface area (Å²) in [6, 6.07) is 11.7. The molecule has 0 aliphatic carbocycles. The molecule has 1 saturated heterocycles. The molecule has 0 radical (unpaired) electrons. The Morgan fingerprint density at radius 1 is 1.17 bits per heavy atom. The minimum absolute atomic E-state index is 0.298. The van der Waals surface area contributed by atoms with Crippen LogP contribution < -0.4 is 31.3 Å². The van der Waals surface area contributed by atoms with Crippen LogP contribution in [0.1, 0.15) is 28.8 Å². The van der Waals surface area contributed by atoms with E-state index in [9.17, 15) is 4.79 Å². The molecule has 0 atom stereocenters. The molecule has 188 valence electrons. The van der Waals surface area contributed by atoms with E-state index in [1.807, 2.05) is 43.3 Å². The van der Waals surface area contributed by atoms with Gasteiger partial charge in [0.25, 0.3) is 5.91 Å². The average Bonchev–Trinajstić information content (AvgIpc) is 2.88. The number of ether oxygens (including phenoxy) is 1. The highest BCUT2D eigenvalue weighted by molar-refractivity contribution is 5.99. The largest absolute Gasteiger partial charge is 0.496 e. The first-order valence-electron chi connectivity index (χ1n) is 11.9. The first-order valence-corrected chi connectivity index (χ1v) is 11.9. The van der Waals surface area contributed by atoms with Gasteiger partial charge in [-0.05, 0) is 68.8 Å². The Labute approximate surface area is 211 Å². The summed E-state index contributed by atoms with van der Waals surface area (Å²) in [6.07, 6.45) is 5.19. The Hall–Kier alpha value is -4.18. The number of aromatic nitrogens is 3. The number of carbonyl (C=O) groups is 1. The number of amides is 1. The van der Waals surface area contributed by atoms with Gasteiger partial charge in [-0.15, -0.1) is 6.58 Å². The Morgan fingerprint density at radius 3 is 2.72 bits per heavy atom. The van der Waals surface area contributed by atoms with Crippen molar-refractivity contribution in [3.05, 3.63) is 66.4 Å². The molecule has 1 amide bonds. The molecule has 0 unspecified atom stereocenters. The van der Waals surface area contributed by atoms with Crippen molar-refractivity contribution in [3.8, 4) is 5.75 Å². The molecule has 1 aliphatic heterocycles. The topological polar surface area (TPSA) is 125 Å². The number of pyridine rings is 1. The smallest absolute Gasteiger partial charge is 0.256 e. The van der Waals surface area contributed by atoms with Gasteiger partial charge < -0.3 is 31.3 Å². The number of benzene rings is 1. The molecule has 1 aromatic carbocycles. The summed E-state index contributed by atoms with van der Waals surface area (Å²) in [5, 5.41) is 16.0. The third kappa shape index (κ3) is 6.48. The lowest BCUT2D eigenvalue weighted by molar-refractivity contribution is 0.0958.